The SMILES string of the molecule is CC(c1ccnc(Nc2nc3ccc(-c4cnn(CC5CC5)c4)cc3[nH]2)c1)N1CCN(C(=O)OC(C)(C)C)CC1. The minimum absolute atomic E-state index is 0.184. The number of ether oxygens (including phenoxy) is 1. The summed E-state index contributed by atoms with van der Waals surface area (Å²) in [6.45, 7) is 11.8. The first-order valence-corrected chi connectivity index (χ1v) is 14.2. The van der Waals surface area contributed by atoms with Crippen LogP contribution in [-0.4, -0.2) is 72.4 Å². The largest absolute Gasteiger partial charge is 0.444 e. The van der Waals surface area contributed by atoms with Gasteiger partial charge in [-0.15, -0.1) is 0 Å². The lowest BCUT2D eigenvalue weighted by molar-refractivity contribution is 0.0110. The molecule has 0 spiro atoms. The van der Waals surface area contributed by atoms with Gasteiger partial charge in [0.15, 0.2) is 0 Å². The normalized spacial score (nSPS) is 17.2. The number of carbonyl (C=O) groups excluding carboxylic acids is 1. The number of aromatic nitrogens is 5. The highest BCUT2D eigenvalue weighted by Gasteiger charge is 2.28. The quantitative estimate of drug-likeness (QED) is 0.314. The number of rotatable bonds is 7. The first-order valence-electron chi connectivity index (χ1n) is 14.2. The third-order valence-electron chi connectivity index (χ3n) is 7.62. The van der Waals surface area contributed by atoms with E-state index in [-0.39, 0.29) is 12.1 Å². The number of amides is 1. The Kier molecular flexibility index (Phi) is 6.95. The third-order valence-corrected chi connectivity index (χ3v) is 7.62. The number of nitrogens with one attached hydrogen (secondary N) is 2. The van der Waals surface area contributed by atoms with E-state index in [9.17, 15) is 4.79 Å². The minimum atomic E-state index is -0.483. The molecule has 2 N–H and O–H groups in total. The van der Waals surface area contributed by atoms with Gasteiger partial charge in [-0.1, -0.05) is 6.07 Å². The first kappa shape index (κ1) is 26.3. The molecule has 0 bridgehead atoms. The Labute approximate surface area is 234 Å². The number of fused-ring (bicyclic) bond motifs is 1. The van der Waals surface area contributed by atoms with Gasteiger partial charge in [-0.05, 0) is 81.8 Å². The zero-order valence-corrected chi connectivity index (χ0v) is 23.7. The van der Waals surface area contributed by atoms with E-state index in [1.54, 1.807) is 4.90 Å². The van der Waals surface area contributed by atoms with E-state index in [4.69, 9.17) is 9.72 Å². The average Bonchev–Trinajstić information content (AvgIpc) is 3.46. The number of hydrogen-bond donors (Lipinski definition) is 2. The summed E-state index contributed by atoms with van der Waals surface area (Å²) in [6, 6.07) is 10.5. The number of hydrogen-bond acceptors (Lipinski definition) is 7. The highest BCUT2D eigenvalue weighted by Crippen LogP contribution is 2.31. The van der Waals surface area contributed by atoms with Crippen molar-refractivity contribution in [3.05, 3.63) is 54.5 Å². The molecule has 1 saturated heterocycles. The maximum absolute atomic E-state index is 12.4. The zero-order valence-electron chi connectivity index (χ0n) is 23.7. The predicted molar refractivity (Wildman–Crippen MR) is 155 cm³/mol. The molecule has 1 unspecified atom stereocenters. The van der Waals surface area contributed by atoms with Crippen molar-refractivity contribution in [3.8, 4) is 11.1 Å². The van der Waals surface area contributed by atoms with Crippen molar-refractivity contribution in [2.75, 3.05) is 31.5 Å². The lowest BCUT2D eigenvalue weighted by Gasteiger charge is -2.38. The molecule has 1 aliphatic heterocycles. The number of piperazine rings is 1. The van der Waals surface area contributed by atoms with E-state index in [2.05, 4.69) is 61.3 Å². The maximum atomic E-state index is 12.4. The Morgan fingerprint density at radius 1 is 1.12 bits per heavy atom. The number of anilines is 2. The lowest BCUT2D eigenvalue weighted by Crippen LogP contribution is -2.50. The van der Waals surface area contributed by atoms with Gasteiger partial charge in [0, 0.05) is 56.7 Å². The number of aromatic amines is 1. The van der Waals surface area contributed by atoms with Crippen molar-refractivity contribution in [3.63, 3.8) is 0 Å². The minimum Gasteiger partial charge on any atom is -0.444 e. The maximum Gasteiger partial charge on any atom is 0.410 e. The molecule has 2 fully saturated rings. The second-order valence-corrected chi connectivity index (χ2v) is 12.0. The molecule has 6 rings (SSSR count). The van der Waals surface area contributed by atoms with Crippen molar-refractivity contribution in [1.29, 1.82) is 0 Å². The highest BCUT2D eigenvalue weighted by atomic mass is 16.6. The first-order chi connectivity index (χ1) is 19.2. The van der Waals surface area contributed by atoms with Crippen LogP contribution < -0.4 is 5.32 Å². The van der Waals surface area contributed by atoms with Crippen molar-refractivity contribution in [2.45, 2.75) is 58.7 Å². The summed E-state index contributed by atoms with van der Waals surface area (Å²) < 4.78 is 7.59. The van der Waals surface area contributed by atoms with Crippen molar-refractivity contribution < 1.29 is 9.53 Å². The van der Waals surface area contributed by atoms with Gasteiger partial charge >= 0.3 is 6.09 Å². The Bertz CT molecular complexity index is 1490. The summed E-state index contributed by atoms with van der Waals surface area (Å²) in [6.07, 6.45) is 8.28. The summed E-state index contributed by atoms with van der Waals surface area (Å²) in [5.41, 5.74) is 4.76. The van der Waals surface area contributed by atoms with Gasteiger partial charge in [-0.2, -0.15) is 5.10 Å². The topological polar surface area (TPSA) is 104 Å². The van der Waals surface area contributed by atoms with Gasteiger partial charge in [-0.25, -0.2) is 14.8 Å². The molecule has 1 aromatic carbocycles. The highest BCUT2D eigenvalue weighted by molar-refractivity contribution is 5.83. The standard InChI is InChI=1S/C30H38N8O2/c1-20(36-11-13-37(14-12-36)29(39)40-30(2,3)4)22-9-10-31-27(16-22)35-28-33-25-8-7-23(15-26(25)34-28)24-17-32-38(19-24)18-21-5-6-21/h7-10,15-17,19-21H,5-6,11-14,18H2,1-4H3,(H2,31,33,34,35). The number of nitrogens with zero attached hydrogens (tertiary/aromatic N) is 6. The van der Waals surface area contributed by atoms with E-state index in [1.165, 1.54) is 12.8 Å². The van der Waals surface area contributed by atoms with Crippen LogP contribution in [0.15, 0.2) is 48.9 Å². The van der Waals surface area contributed by atoms with Crippen LogP contribution in [0.2, 0.25) is 0 Å². The van der Waals surface area contributed by atoms with Gasteiger partial charge < -0.3 is 19.9 Å². The van der Waals surface area contributed by atoms with Crippen LogP contribution in [0.1, 0.15) is 52.1 Å². The van der Waals surface area contributed by atoms with E-state index in [1.807, 2.05) is 45.3 Å². The second-order valence-electron chi connectivity index (χ2n) is 12.0. The van der Waals surface area contributed by atoms with Gasteiger partial charge in [0.25, 0.3) is 0 Å². The molecule has 0 radical (unpaired) electrons. The Morgan fingerprint density at radius 3 is 2.67 bits per heavy atom. The average molecular weight is 543 g/mol. The smallest absolute Gasteiger partial charge is 0.410 e. The summed E-state index contributed by atoms with van der Waals surface area (Å²) in [5.74, 6) is 2.18. The molecule has 2 aliphatic rings. The van der Waals surface area contributed by atoms with Gasteiger partial charge in [0.1, 0.15) is 11.4 Å². The summed E-state index contributed by atoms with van der Waals surface area (Å²) in [4.78, 5) is 29.3. The molecule has 1 saturated carbocycles. The molecule has 4 heterocycles. The molecule has 10 nitrogen and oxygen atoms in total. The number of pyridine rings is 1. The van der Waals surface area contributed by atoms with E-state index >= 15 is 0 Å². The van der Waals surface area contributed by atoms with Crippen LogP contribution in [0.3, 0.4) is 0 Å². The third kappa shape index (κ3) is 6.12. The van der Waals surface area contributed by atoms with E-state index in [0.717, 1.165) is 59.1 Å². The predicted octanol–water partition coefficient (Wildman–Crippen LogP) is 5.59. The van der Waals surface area contributed by atoms with Crippen LogP contribution >= 0.6 is 0 Å². The summed E-state index contributed by atoms with van der Waals surface area (Å²) in [7, 11) is 0. The van der Waals surface area contributed by atoms with Crippen molar-refractivity contribution in [1.82, 2.24) is 34.5 Å². The molecule has 1 aliphatic carbocycles. The molecule has 40 heavy (non-hydrogen) atoms. The molecule has 1 amide bonds. The van der Waals surface area contributed by atoms with Crippen LogP contribution in [0.25, 0.3) is 22.2 Å². The monoisotopic (exact) mass is 542 g/mol. The van der Waals surface area contributed by atoms with Crippen LogP contribution in [0.5, 0.6) is 0 Å². The lowest BCUT2D eigenvalue weighted by atomic mass is 10.1. The number of H-pyrrole nitrogens is 1. The fourth-order valence-corrected chi connectivity index (χ4v) is 5.15. The number of imidazole rings is 1. The van der Waals surface area contributed by atoms with Crippen molar-refractivity contribution >= 4 is 28.9 Å². The van der Waals surface area contributed by atoms with Gasteiger partial charge in [0.2, 0.25) is 5.95 Å². The summed E-state index contributed by atoms with van der Waals surface area (Å²) in [5, 5.41) is 7.88. The Morgan fingerprint density at radius 2 is 1.93 bits per heavy atom. The number of carbonyl (C=O) groups is 1. The van der Waals surface area contributed by atoms with Gasteiger partial charge in [-0.3, -0.25) is 9.58 Å². The van der Waals surface area contributed by atoms with Crippen molar-refractivity contribution in [2.24, 2.45) is 5.92 Å². The fraction of sp³-hybridized carbons (Fsp3) is 0.467. The fourth-order valence-electron chi connectivity index (χ4n) is 5.15. The molecule has 210 valence electrons. The molecular weight excluding hydrogens is 504 g/mol. The molecular formula is C30H38N8O2. The Hall–Kier alpha value is -3.92. The molecule has 4 aromatic rings. The van der Waals surface area contributed by atoms with Crippen LogP contribution in [0, 0.1) is 5.92 Å². The second kappa shape index (κ2) is 10.6. The zero-order chi connectivity index (χ0) is 27.9. The summed E-state index contributed by atoms with van der Waals surface area (Å²) >= 11 is 0. The molecule has 1 atom stereocenters. The molecule has 3 aromatic heterocycles. The number of benzene rings is 1. The van der Waals surface area contributed by atoms with Crippen LogP contribution in [0.4, 0.5) is 16.6 Å². The van der Waals surface area contributed by atoms with Gasteiger partial charge in [0.05, 0.1) is 17.2 Å². The van der Waals surface area contributed by atoms with E-state index in [0.29, 0.717) is 19.0 Å². The Balaban J connectivity index is 1.09. The molecule has 10 heteroatoms. The van der Waals surface area contributed by atoms with Crippen LogP contribution in [-0.2, 0) is 11.3 Å². The van der Waals surface area contributed by atoms with E-state index < -0.39 is 5.60 Å².